The van der Waals surface area contributed by atoms with E-state index in [0.29, 0.717) is 18.2 Å². The summed E-state index contributed by atoms with van der Waals surface area (Å²) >= 11 is 0. The molecule has 1 aliphatic rings. The Bertz CT molecular complexity index is 396. The Morgan fingerprint density at radius 1 is 1.47 bits per heavy atom. The number of aliphatic hydroxyl groups is 1. The monoisotopic (exact) mass is 266 g/mol. The zero-order chi connectivity index (χ0) is 13.8. The average Bonchev–Trinajstić information content (AvgIpc) is 2.41. The van der Waals surface area contributed by atoms with Crippen LogP contribution in [0.2, 0.25) is 0 Å². The molecule has 1 fully saturated rings. The molecule has 0 aromatic carbocycles. The third kappa shape index (κ3) is 3.74. The van der Waals surface area contributed by atoms with Crippen LogP contribution in [0.4, 0.5) is 4.39 Å². The Labute approximate surface area is 114 Å². The molecule has 3 atom stereocenters. The second kappa shape index (κ2) is 6.44. The molecule has 3 nitrogen and oxygen atoms in total. The van der Waals surface area contributed by atoms with Crippen LogP contribution in [0.1, 0.15) is 44.9 Å². The summed E-state index contributed by atoms with van der Waals surface area (Å²) in [7, 11) is 0. The molecule has 1 saturated heterocycles. The van der Waals surface area contributed by atoms with E-state index in [2.05, 4.69) is 23.7 Å². The van der Waals surface area contributed by atoms with Crippen molar-refractivity contribution in [1.29, 1.82) is 0 Å². The first kappa shape index (κ1) is 14.4. The molecule has 0 radical (unpaired) electrons. The van der Waals surface area contributed by atoms with E-state index < -0.39 is 6.10 Å². The third-order valence-corrected chi connectivity index (χ3v) is 4.29. The molecule has 1 aliphatic heterocycles. The summed E-state index contributed by atoms with van der Waals surface area (Å²) in [5, 5.41) is 10.1. The minimum atomic E-state index is -0.606. The van der Waals surface area contributed by atoms with Crippen LogP contribution in [-0.4, -0.2) is 34.1 Å². The molecule has 0 aliphatic carbocycles. The van der Waals surface area contributed by atoms with Crippen molar-refractivity contribution < 1.29 is 9.50 Å². The highest BCUT2D eigenvalue weighted by Gasteiger charge is 2.24. The van der Waals surface area contributed by atoms with Crippen LogP contribution in [0.15, 0.2) is 18.3 Å². The van der Waals surface area contributed by atoms with Crippen molar-refractivity contribution in [2.75, 3.05) is 13.1 Å². The molecule has 1 N–H and O–H groups in total. The van der Waals surface area contributed by atoms with Gasteiger partial charge in [0.15, 0.2) is 0 Å². The van der Waals surface area contributed by atoms with E-state index in [4.69, 9.17) is 0 Å². The van der Waals surface area contributed by atoms with Gasteiger partial charge >= 0.3 is 0 Å². The Morgan fingerprint density at radius 3 is 2.95 bits per heavy atom. The fraction of sp³-hybridized carbons (Fsp3) is 0.667. The predicted octanol–water partition coefficient (Wildman–Crippen LogP) is 2.76. The lowest BCUT2D eigenvalue weighted by Gasteiger charge is -2.38. The molecular weight excluding hydrogens is 243 g/mol. The van der Waals surface area contributed by atoms with Crippen LogP contribution in [0.25, 0.3) is 0 Å². The fourth-order valence-corrected chi connectivity index (χ4v) is 2.76. The van der Waals surface area contributed by atoms with Crippen molar-refractivity contribution in [3.05, 3.63) is 29.8 Å². The fourth-order valence-electron chi connectivity index (χ4n) is 2.76. The SMILES string of the molecule is CC1CCCN(CCC(O)c2ccc(F)cn2)C1C. The van der Waals surface area contributed by atoms with E-state index >= 15 is 0 Å². The van der Waals surface area contributed by atoms with Crippen molar-refractivity contribution in [3.8, 4) is 0 Å². The number of pyridine rings is 1. The van der Waals surface area contributed by atoms with E-state index in [1.807, 2.05) is 0 Å². The Kier molecular flexibility index (Phi) is 4.88. The second-order valence-electron chi connectivity index (χ2n) is 5.60. The second-order valence-corrected chi connectivity index (χ2v) is 5.60. The van der Waals surface area contributed by atoms with E-state index in [1.165, 1.54) is 18.9 Å². The maximum atomic E-state index is 12.8. The van der Waals surface area contributed by atoms with E-state index in [-0.39, 0.29) is 5.82 Å². The number of halogens is 1. The van der Waals surface area contributed by atoms with Crippen LogP contribution in [0.5, 0.6) is 0 Å². The van der Waals surface area contributed by atoms with Gasteiger partial charge < -0.3 is 10.0 Å². The largest absolute Gasteiger partial charge is 0.387 e. The van der Waals surface area contributed by atoms with Gasteiger partial charge in [0.25, 0.3) is 0 Å². The molecule has 0 bridgehead atoms. The molecule has 0 saturated carbocycles. The van der Waals surface area contributed by atoms with E-state index in [1.54, 1.807) is 6.07 Å². The van der Waals surface area contributed by atoms with Gasteiger partial charge in [-0.1, -0.05) is 6.92 Å². The summed E-state index contributed by atoms with van der Waals surface area (Å²) in [4.78, 5) is 6.36. The molecule has 4 heteroatoms. The van der Waals surface area contributed by atoms with Crippen molar-refractivity contribution in [2.45, 2.75) is 45.3 Å². The van der Waals surface area contributed by atoms with Crippen molar-refractivity contribution >= 4 is 0 Å². The Hall–Kier alpha value is -1.00. The summed E-state index contributed by atoms with van der Waals surface area (Å²) in [6, 6.07) is 3.47. The zero-order valence-electron chi connectivity index (χ0n) is 11.7. The molecule has 1 aromatic rings. The Morgan fingerprint density at radius 2 is 2.26 bits per heavy atom. The van der Waals surface area contributed by atoms with Gasteiger partial charge in [0.1, 0.15) is 5.82 Å². The smallest absolute Gasteiger partial charge is 0.141 e. The first-order chi connectivity index (χ1) is 9.08. The van der Waals surface area contributed by atoms with Gasteiger partial charge in [-0.05, 0) is 50.8 Å². The number of hydrogen-bond donors (Lipinski definition) is 1. The zero-order valence-corrected chi connectivity index (χ0v) is 11.7. The first-order valence-electron chi connectivity index (χ1n) is 7.11. The highest BCUT2D eigenvalue weighted by atomic mass is 19.1. The van der Waals surface area contributed by atoms with Crippen LogP contribution < -0.4 is 0 Å². The summed E-state index contributed by atoms with van der Waals surface area (Å²) in [6.07, 6.45) is 3.72. The maximum Gasteiger partial charge on any atom is 0.141 e. The molecule has 3 unspecified atom stereocenters. The van der Waals surface area contributed by atoms with Gasteiger partial charge in [-0.3, -0.25) is 4.98 Å². The molecule has 2 rings (SSSR count). The summed E-state index contributed by atoms with van der Waals surface area (Å²) in [5.41, 5.74) is 0.555. The number of aromatic nitrogens is 1. The lowest BCUT2D eigenvalue weighted by molar-refractivity contribution is 0.0826. The summed E-state index contributed by atoms with van der Waals surface area (Å²) in [6.45, 7) is 6.52. The minimum absolute atomic E-state index is 0.366. The van der Waals surface area contributed by atoms with Gasteiger partial charge in [0, 0.05) is 12.6 Å². The molecule has 1 aromatic heterocycles. The lowest BCUT2D eigenvalue weighted by atomic mass is 9.92. The van der Waals surface area contributed by atoms with Crippen LogP contribution in [0.3, 0.4) is 0 Å². The van der Waals surface area contributed by atoms with E-state index in [0.717, 1.165) is 25.2 Å². The van der Waals surface area contributed by atoms with Crippen molar-refractivity contribution in [1.82, 2.24) is 9.88 Å². The van der Waals surface area contributed by atoms with Gasteiger partial charge in [-0.15, -0.1) is 0 Å². The predicted molar refractivity (Wildman–Crippen MR) is 73.2 cm³/mol. The highest BCUT2D eigenvalue weighted by molar-refractivity contribution is 5.08. The standard InChI is InChI=1S/C15H23FN2O/c1-11-4-3-8-18(12(11)2)9-7-15(19)14-6-5-13(16)10-17-14/h5-6,10-12,15,19H,3-4,7-9H2,1-2H3. The summed E-state index contributed by atoms with van der Waals surface area (Å²) in [5.74, 6) is 0.351. The molecule has 2 heterocycles. The van der Waals surface area contributed by atoms with Crippen LogP contribution >= 0.6 is 0 Å². The number of aliphatic hydroxyl groups excluding tert-OH is 1. The van der Waals surface area contributed by atoms with Crippen molar-refractivity contribution in [2.24, 2.45) is 5.92 Å². The van der Waals surface area contributed by atoms with E-state index in [9.17, 15) is 9.50 Å². The first-order valence-corrected chi connectivity index (χ1v) is 7.11. The number of nitrogens with zero attached hydrogens (tertiary/aromatic N) is 2. The van der Waals surface area contributed by atoms with Crippen LogP contribution in [0, 0.1) is 11.7 Å². The number of piperidine rings is 1. The normalized spacial score (nSPS) is 26.3. The lowest BCUT2D eigenvalue weighted by Crippen LogP contribution is -2.43. The average molecular weight is 266 g/mol. The van der Waals surface area contributed by atoms with Gasteiger partial charge in [-0.2, -0.15) is 0 Å². The molecule has 0 amide bonds. The van der Waals surface area contributed by atoms with Crippen molar-refractivity contribution in [3.63, 3.8) is 0 Å². The third-order valence-electron chi connectivity index (χ3n) is 4.29. The maximum absolute atomic E-state index is 12.8. The Balaban J connectivity index is 1.86. The quantitative estimate of drug-likeness (QED) is 0.910. The number of hydrogen-bond acceptors (Lipinski definition) is 3. The summed E-state index contributed by atoms with van der Waals surface area (Å²) < 4.78 is 12.8. The number of likely N-dealkylation sites (tertiary alicyclic amines) is 1. The molecule has 106 valence electrons. The van der Waals surface area contributed by atoms with Gasteiger partial charge in [-0.25, -0.2) is 4.39 Å². The topological polar surface area (TPSA) is 36.4 Å². The number of rotatable bonds is 4. The van der Waals surface area contributed by atoms with Gasteiger partial charge in [0.05, 0.1) is 18.0 Å². The molecular formula is C15H23FN2O. The van der Waals surface area contributed by atoms with Gasteiger partial charge in [0.2, 0.25) is 0 Å². The molecule has 0 spiro atoms. The molecule has 19 heavy (non-hydrogen) atoms. The van der Waals surface area contributed by atoms with Crippen LogP contribution in [-0.2, 0) is 0 Å². The minimum Gasteiger partial charge on any atom is -0.387 e. The highest BCUT2D eigenvalue weighted by Crippen LogP contribution is 2.24.